The number of pyridine rings is 1. The van der Waals surface area contributed by atoms with Crippen molar-refractivity contribution in [3.05, 3.63) is 34.9 Å². The third-order valence-corrected chi connectivity index (χ3v) is 4.18. The molecule has 1 fully saturated rings. The summed E-state index contributed by atoms with van der Waals surface area (Å²) in [7, 11) is 0. The number of hydrogen-bond donors (Lipinski definition) is 0. The number of anilines is 1. The van der Waals surface area contributed by atoms with E-state index < -0.39 is 0 Å². The summed E-state index contributed by atoms with van der Waals surface area (Å²) in [5.74, 6) is 1.85. The summed E-state index contributed by atoms with van der Waals surface area (Å²) in [6.07, 6.45) is 2.59. The Morgan fingerprint density at radius 3 is 2.95 bits per heavy atom. The average Bonchev–Trinajstić information content (AvgIpc) is 2.38. The fraction of sp³-hybridized carbons (Fsp3) is 0.438. The molecule has 2 aromatic rings. The minimum absolute atomic E-state index is 0.753. The van der Waals surface area contributed by atoms with Crippen molar-refractivity contribution in [3.63, 3.8) is 0 Å². The van der Waals surface area contributed by atoms with Crippen LogP contribution in [0.25, 0.3) is 10.9 Å². The number of nitrogens with zero attached hydrogens (tertiary/aromatic N) is 2. The number of piperidine rings is 1. The highest BCUT2D eigenvalue weighted by atomic mass is 35.5. The first-order valence-electron chi connectivity index (χ1n) is 6.95. The van der Waals surface area contributed by atoms with Crippen molar-refractivity contribution in [1.82, 2.24) is 4.98 Å². The van der Waals surface area contributed by atoms with Crippen LogP contribution in [-0.4, -0.2) is 18.1 Å². The fourth-order valence-corrected chi connectivity index (χ4v) is 3.08. The van der Waals surface area contributed by atoms with E-state index in [1.165, 1.54) is 23.8 Å². The van der Waals surface area contributed by atoms with Gasteiger partial charge in [0.05, 0.1) is 5.52 Å². The van der Waals surface area contributed by atoms with E-state index in [9.17, 15) is 0 Å². The van der Waals surface area contributed by atoms with Crippen LogP contribution in [0.4, 0.5) is 5.82 Å². The van der Waals surface area contributed by atoms with Crippen molar-refractivity contribution in [3.8, 4) is 0 Å². The van der Waals surface area contributed by atoms with Gasteiger partial charge in [0.2, 0.25) is 0 Å². The number of rotatable bonds is 1. The van der Waals surface area contributed by atoms with Crippen LogP contribution in [0.3, 0.4) is 0 Å². The quantitative estimate of drug-likeness (QED) is 0.765. The van der Waals surface area contributed by atoms with Crippen LogP contribution in [0, 0.1) is 12.8 Å². The molecule has 0 bridgehead atoms. The largest absolute Gasteiger partial charge is 0.356 e. The molecule has 1 aliphatic rings. The third-order valence-electron chi connectivity index (χ3n) is 3.95. The van der Waals surface area contributed by atoms with E-state index in [0.717, 1.165) is 35.4 Å². The first-order valence-corrected chi connectivity index (χ1v) is 7.33. The number of hydrogen-bond acceptors (Lipinski definition) is 2. The lowest BCUT2D eigenvalue weighted by atomic mass is 10.00. The van der Waals surface area contributed by atoms with E-state index in [1.54, 1.807) is 0 Å². The molecule has 0 radical (unpaired) electrons. The van der Waals surface area contributed by atoms with Gasteiger partial charge >= 0.3 is 0 Å². The standard InChI is InChI=1S/C16H19ClN2/c1-11-4-3-7-19(10-11)16-8-12(2)14-6-5-13(17)9-15(14)18-16/h5-6,8-9,11H,3-4,7,10H2,1-2H3/t11-/m0/s1. The van der Waals surface area contributed by atoms with E-state index in [0.29, 0.717) is 0 Å². The number of aromatic nitrogens is 1. The highest BCUT2D eigenvalue weighted by molar-refractivity contribution is 6.31. The molecule has 0 saturated carbocycles. The van der Waals surface area contributed by atoms with E-state index >= 15 is 0 Å². The van der Waals surface area contributed by atoms with Crippen molar-refractivity contribution in [2.45, 2.75) is 26.7 Å². The molecule has 2 nitrogen and oxygen atoms in total. The van der Waals surface area contributed by atoms with Gasteiger partial charge in [-0.3, -0.25) is 0 Å². The maximum atomic E-state index is 6.08. The Labute approximate surface area is 119 Å². The predicted molar refractivity (Wildman–Crippen MR) is 82.1 cm³/mol. The van der Waals surface area contributed by atoms with Gasteiger partial charge in [0.1, 0.15) is 5.82 Å². The summed E-state index contributed by atoms with van der Waals surface area (Å²) in [4.78, 5) is 7.20. The third kappa shape index (κ3) is 2.55. The Kier molecular flexibility index (Phi) is 3.36. The molecular weight excluding hydrogens is 256 g/mol. The second-order valence-electron chi connectivity index (χ2n) is 5.65. The molecule has 3 heteroatoms. The highest BCUT2D eigenvalue weighted by Gasteiger charge is 2.18. The van der Waals surface area contributed by atoms with Crippen molar-refractivity contribution in [1.29, 1.82) is 0 Å². The Hall–Kier alpha value is -1.28. The predicted octanol–water partition coefficient (Wildman–Crippen LogP) is 4.43. The van der Waals surface area contributed by atoms with E-state index in [2.05, 4.69) is 30.9 Å². The molecule has 0 unspecified atom stereocenters. The van der Waals surface area contributed by atoms with Crippen LogP contribution in [0.15, 0.2) is 24.3 Å². The summed E-state index contributed by atoms with van der Waals surface area (Å²) >= 11 is 6.08. The Balaban J connectivity index is 2.04. The molecule has 1 atom stereocenters. The summed E-state index contributed by atoms with van der Waals surface area (Å²) in [6.45, 7) is 6.69. The minimum Gasteiger partial charge on any atom is -0.356 e. The van der Waals surface area contributed by atoms with Gasteiger partial charge in [0.25, 0.3) is 0 Å². The Morgan fingerprint density at radius 1 is 1.32 bits per heavy atom. The van der Waals surface area contributed by atoms with Crippen molar-refractivity contribution < 1.29 is 0 Å². The second kappa shape index (κ2) is 5.01. The zero-order valence-corrected chi connectivity index (χ0v) is 12.2. The molecule has 0 N–H and O–H groups in total. The van der Waals surface area contributed by atoms with E-state index in [4.69, 9.17) is 16.6 Å². The molecule has 1 aromatic carbocycles. The minimum atomic E-state index is 0.753. The number of aryl methyl sites for hydroxylation is 1. The van der Waals surface area contributed by atoms with Gasteiger partial charge < -0.3 is 4.90 Å². The van der Waals surface area contributed by atoms with Gasteiger partial charge in [-0.05, 0) is 49.4 Å². The summed E-state index contributed by atoms with van der Waals surface area (Å²) in [5, 5.41) is 1.95. The number of halogens is 1. The lowest BCUT2D eigenvalue weighted by Crippen LogP contribution is -2.34. The van der Waals surface area contributed by atoms with E-state index in [-0.39, 0.29) is 0 Å². The molecule has 0 amide bonds. The number of benzene rings is 1. The summed E-state index contributed by atoms with van der Waals surface area (Å²) in [5.41, 5.74) is 2.27. The normalized spacial score (nSPS) is 19.9. The lowest BCUT2D eigenvalue weighted by molar-refractivity contribution is 0.445. The molecule has 1 saturated heterocycles. The second-order valence-corrected chi connectivity index (χ2v) is 6.09. The summed E-state index contributed by atoms with van der Waals surface area (Å²) in [6, 6.07) is 8.15. The van der Waals surface area contributed by atoms with Gasteiger partial charge in [0, 0.05) is 23.5 Å². The molecule has 1 aromatic heterocycles. The van der Waals surface area contributed by atoms with Crippen LogP contribution in [0.5, 0.6) is 0 Å². The van der Waals surface area contributed by atoms with E-state index in [1.807, 2.05) is 12.1 Å². The van der Waals surface area contributed by atoms with Crippen LogP contribution in [0.2, 0.25) is 5.02 Å². The maximum absolute atomic E-state index is 6.08. The van der Waals surface area contributed by atoms with Crippen molar-refractivity contribution >= 4 is 28.3 Å². The molecule has 2 heterocycles. The SMILES string of the molecule is Cc1cc(N2CCC[C@H](C)C2)nc2cc(Cl)ccc12. The topological polar surface area (TPSA) is 16.1 Å². The Morgan fingerprint density at radius 2 is 2.16 bits per heavy atom. The zero-order valence-electron chi connectivity index (χ0n) is 11.5. The zero-order chi connectivity index (χ0) is 13.4. The van der Waals surface area contributed by atoms with Gasteiger partial charge in [-0.2, -0.15) is 0 Å². The molecule has 19 heavy (non-hydrogen) atoms. The molecule has 0 spiro atoms. The smallest absolute Gasteiger partial charge is 0.129 e. The molecule has 1 aliphatic heterocycles. The summed E-state index contributed by atoms with van der Waals surface area (Å²) < 4.78 is 0. The molecule has 100 valence electrons. The van der Waals surface area contributed by atoms with Crippen LogP contribution in [-0.2, 0) is 0 Å². The van der Waals surface area contributed by atoms with Gasteiger partial charge in [-0.15, -0.1) is 0 Å². The molecule has 0 aliphatic carbocycles. The Bertz CT molecular complexity index is 609. The lowest BCUT2D eigenvalue weighted by Gasteiger charge is -2.32. The van der Waals surface area contributed by atoms with Gasteiger partial charge in [-0.25, -0.2) is 4.98 Å². The first kappa shape index (κ1) is 12.7. The highest BCUT2D eigenvalue weighted by Crippen LogP contribution is 2.27. The van der Waals surface area contributed by atoms with Crippen LogP contribution < -0.4 is 4.90 Å². The molecular formula is C16H19ClN2. The van der Waals surface area contributed by atoms with Crippen LogP contribution in [0.1, 0.15) is 25.3 Å². The van der Waals surface area contributed by atoms with Gasteiger partial charge in [0.15, 0.2) is 0 Å². The fourth-order valence-electron chi connectivity index (χ4n) is 2.92. The van der Waals surface area contributed by atoms with Gasteiger partial charge in [-0.1, -0.05) is 24.6 Å². The first-order chi connectivity index (χ1) is 9.13. The molecule has 3 rings (SSSR count). The average molecular weight is 275 g/mol. The van der Waals surface area contributed by atoms with Crippen LogP contribution >= 0.6 is 11.6 Å². The van der Waals surface area contributed by atoms with Crippen molar-refractivity contribution in [2.75, 3.05) is 18.0 Å². The van der Waals surface area contributed by atoms with Crippen molar-refractivity contribution in [2.24, 2.45) is 5.92 Å². The monoisotopic (exact) mass is 274 g/mol. The number of fused-ring (bicyclic) bond motifs is 1. The maximum Gasteiger partial charge on any atom is 0.129 e.